The number of oxazole rings is 1. The Hall–Kier alpha value is -3.52. The summed E-state index contributed by atoms with van der Waals surface area (Å²) in [6.07, 6.45) is 11.2. The lowest BCUT2D eigenvalue weighted by Crippen LogP contribution is -2.36. The van der Waals surface area contributed by atoms with Gasteiger partial charge in [0.15, 0.2) is 0 Å². The highest BCUT2D eigenvalue weighted by Crippen LogP contribution is 2.33. The number of allylic oxidation sites excluding steroid dienone is 5. The lowest BCUT2D eigenvalue weighted by atomic mass is 10.0. The van der Waals surface area contributed by atoms with E-state index in [1.807, 2.05) is 25.2 Å². The van der Waals surface area contributed by atoms with Gasteiger partial charge in [-0.2, -0.15) is 0 Å². The van der Waals surface area contributed by atoms with Crippen molar-refractivity contribution < 1.29 is 23.5 Å². The van der Waals surface area contributed by atoms with Crippen LogP contribution in [0.15, 0.2) is 65.8 Å². The highest BCUT2D eigenvalue weighted by molar-refractivity contribution is 5.77. The number of carbonyl (C=O) groups excluding carboxylic acids is 1. The molecule has 0 saturated carbocycles. The minimum Gasteiger partial charge on any atom is -0.483 e. The van der Waals surface area contributed by atoms with Crippen molar-refractivity contribution in [2.45, 2.75) is 44.7 Å². The van der Waals surface area contributed by atoms with Gasteiger partial charge in [0, 0.05) is 24.6 Å². The fourth-order valence-electron chi connectivity index (χ4n) is 3.79. The standard InChI is InChI=1S/C24H28FN3O2.CH2O2/c1-3-8-17(9-4-2)21-16-30-24(27-21)22-12-7-13-28(22)23(29)15-19(26)14-18-10-5-6-11-20(18)25;2-1-3/h3-6,8-11,16,19,22H,1,7,12-15,26H2,2H3;1H,(H,2,3)/b9-4-,17-8+;/t19-,22+;/m1./s1. The van der Waals surface area contributed by atoms with Crippen LogP contribution in [0.1, 0.15) is 49.4 Å². The smallest absolute Gasteiger partial charge is 0.290 e. The van der Waals surface area contributed by atoms with E-state index in [0.29, 0.717) is 30.1 Å². The molecule has 2 atom stereocenters. The van der Waals surface area contributed by atoms with E-state index < -0.39 is 6.04 Å². The van der Waals surface area contributed by atoms with E-state index in [1.54, 1.807) is 35.4 Å². The Balaban J connectivity index is 0.00000122. The topological polar surface area (TPSA) is 110 Å². The number of aromatic nitrogens is 1. The largest absolute Gasteiger partial charge is 0.483 e. The molecule has 3 N–H and O–H groups in total. The van der Waals surface area contributed by atoms with E-state index in [2.05, 4.69) is 11.6 Å². The number of carboxylic acid groups (broad SMARTS) is 1. The molecule has 1 aromatic carbocycles. The average Bonchev–Trinajstić information content (AvgIpc) is 3.45. The molecular formula is C25H30FN3O4. The third-order valence-electron chi connectivity index (χ3n) is 5.20. The number of amides is 1. The number of likely N-dealkylation sites (tertiary alicyclic amines) is 1. The number of hydrogen-bond acceptors (Lipinski definition) is 5. The van der Waals surface area contributed by atoms with Crippen molar-refractivity contribution in [2.24, 2.45) is 5.73 Å². The van der Waals surface area contributed by atoms with E-state index in [0.717, 1.165) is 18.4 Å². The summed E-state index contributed by atoms with van der Waals surface area (Å²) in [4.78, 5) is 27.7. The summed E-state index contributed by atoms with van der Waals surface area (Å²) in [5.74, 6) is 0.172. The van der Waals surface area contributed by atoms with E-state index in [-0.39, 0.29) is 30.7 Å². The first-order chi connectivity index (χ1) is 15.9. The van der Waals surface area contributed by atoms with Crippen LogP contribution in [0.2, 0.25) is 0 Å². The van der Waals surface area contributed by atoms with Gasteiger partial charge in [-0.3, -0.25) is 9.59 Å². The lowest BCUT2D eigenvalue weighted by Gasteiger charge is -2.24. The number of nitrogens with zero attached hydrogens (tertiary/aromatic N) is 2. The van der Waals surface area contributed by atoms with Gasteiger partial charge in [0.05, 0.1) is 0 Å². The van der Waals surface area contributed by atoms with Gasteiger partial charge in [-0.15, -0.1) is 0 Å². The van der Waals surface area contributed by atoms with Crippen molar-refractivity contribution in [3.05, 3.63) is 84.4 Å². The Morgan fingerprint density at radius 2 is 2.18 bits per heavy atom. The quantitative estimate of drug-likeness (QED) is 0.454. The molecule has 1 fully saturated rings. The van der Waals surface area contributed by atoms with E-state index in [9.17, 15) is 9.18 Å². The van der Waals surface area contributed by atoms with Crippen molar-refractivity contribution in [1.29, 1.82) is 0 Å². The fraction of sp³-hybridized carbons (Fsp3) is 0.320. The summed E-state index contributed by atoms with van der Waals surface area (Å²) < 4.78 is 19.6. The minimum absolute atomic E-state index is 0.0589. The normalized spacial score (nSPS) is 16.9. The first-order valence-corrected chi connectivity index (χ1v) is 10.7. The number of hydrogen-bond donors (Lipinski definition) is 2. The van der Waals surface area contributed by atoms with Gasteiger partial charge in [-0.1, -0.05) is 49.1 Å². The van der Waals surface area contributed by atoms with Gasteiger partial charge in [-0.25, -0.2) is 9.37 Å². The van der Waals surface area contributed by atoms with Crippen molar-refractivity contribution in [1.82, 2.24) is 9.88 Å². The molecule has 33 heavy (non-hydrogen) atoms. The Labute approximate surface area is 193 Å². The Bertz CT molecular complexity index is 999. The zero-order valence-corrected chi connectivity index (χ0v) is 18.7. The van der Waals surface area contributed by atoms with E-state index in [4.69, 9.17) is 20.1 Å². The zero-order chi connectivity index (χ0) is 24.2. The van der Waals surface area contributed by atoms with Crippen molar-refractivity contribution in [2.75, 3.05) is 6.54 Å². The van der Waals surface area contributed by atoms with E-state index >= 15 is 0 Å². The zero-order valence-electron chi connectivity index (χ0n) is 18.7. The Morgan fingerprint density at radius 1 is 1.45 bits per heavy atom. The number of carbonyl (C=O) groups is 2. The van der Waals surface area contributed by atoms with Crippen LogP contribution < -0.4 is 5.73 Å². The molecule has 0 unspecified atom stereocenters. The monoisotopic (exact) mass is 455 g/mol. The van der Waals surface area contributed by atoms with Crippen LogP contribution in [-0.4, -0.2) is 40.0 Å². The maximum Gasteiger partial charge on any atom is 0.290 e. The molecule has 1 aliphatic rings. The molecule has 176 valence electrons. The second-order valence-corrected chi connectivity index (χ2v) is 7.54. The SMILES string of the molecule is C=C/C=C(\C=C/C)c1coc([C@@H]2CCCN2C(=O)C[C@H](N)Cc2ccccc2F)n1.O=CO. The fourth-order valence-corrected chi connectivity index (χ4v) is 3.79. The summed E-state index contributed by atoms with van der Waals surface area (Å²) in [6, 6.07) is 5.86. The molecule has 2 heterocycles. The molecule has 2 aromatic rings. The maximum absolute atomic E-state index is 13.9. The molecule has 3 rings (SSSR count). The molecule has 1 aliphatic heterocycles. The molecule has 8 heteroatoms. The van der Waals surface area contributed by atoms with Crippen LogP contribution in [0.5, 0.6) is 0 Å². The highest BCUT2D eigenvalue weighted by atomic mass is 19.1. The van der Waals surface area contributed by atoms with Gasteiger partial charge in [0.1, 0.15) is 23.8 Å². The summed E-state index contributed by atoms with van der Waals surface area (Å²) in [5.41, 5.74) is 8.29. The number of nitrogens with two attached hydrogens (primary N) is 1. The molecule has 7 nitrogen and oxygen atoms in total. The van der Waals surface area contributed by atoms with Gasteiger partial charge in [0.25, 0.3) is 6.47 Å². The second kappa shape index (κ2) is 13.1. The van der Waals surface area contributed by atoms with Crippen LogP contribution in [0.25, 0.3) is 5.57 Å². The van der Waals surface area contributed by atoms with Crippen molar-refractivity contribution >= 4 is 18.0 Å². The Kier molecular flexibility index (Phi) is 10.2. The third-order valence-corrected chi connectivity index (χ3v) is 5.20. The van der Waals surface area contributed by atoms with Crippen LogP contribution in [0.4, 0.5) is 4.39 Å². The van der Waals surface area contributed by atoms with Gasteiger partial charge < -0.3 is 20.2 Å². The maximum atomic E-state index is 13.9. The van der Waals surface area contributed by atoms with Crippen LogP contribution in [-0.2, 0) is 16.0 Å². The van der Waals surface area contributed by atoms with Crippen LogP contribution in [0.3, 0.4) is 0 Å². The molecule has 0 radical (unpaired) electrons. The highest BCUT2D eigenvalue weighted by Gasteiger charge is 2.34. The number of rotatable bonds is 8. The number of halogens is 1. The predicted molar refractivity (Wildman–Crippen MR) is 125 cm³/mol. The van der Waals surface area contributed by atoms with Gasteiger partial charge in [-0.05, 0) is 37.8 Å². The predicted octanol–water partition coefficient (Wildman–Crippen LogP) is 4.28. The molecule has 0 aliphatic carbocycles. The third kappa shape index (κ3) is 7.25. The molecule has 1 amide bonds. The summed E-state index contributed by atoms with van der Waals surface area (Å²) in [6.45, 7) is 6.05. The molecular weight excluding hydrogens is 425 g/mol. The summed E-state index contributed by atoms with van der Waals surface area (Å²) in [7, 11) is 0. The second-order valence-electron chi connectivity index (χ2n) is 7.54. The van der Waals surface area contributed by atoms with Crippen molar-refractivity contribution in [3.8, 4) is 0 Å². The number of benzene rings is 1. The minimum atomic E-state index is -0.451. The Morgan fingerprint density at radius 3 is 2.85 bits per heavy atom. The van der Waals surface area contributed by atoms with Gasteiger partial charge in [0.2, 0.25) is 11.8 Å². The average molecular weight is 456 g/mol. The summed E-state index contributed by atoms with van der Waals surface area (Å²) in [5, 5.41) is 6.89. The summed E-state index contributed by atoms with van der Waals surface area (Å²) >= 11 is 0. The van der Waals surface area contributed by atoms with Crippen LogP contribution in [0, 0.1) is 5.82 Å². The van der Waals surface area contributed by atoms with Crippen molar-refractivity contribution in [3.63, 3.8) is 0 Å². The molecule has 0 bridgehead atoms. The van der Waals surface area contributed by atoms with Gasteiger partial charge >= 0.3 is 0 Å². The first-order valence-electron chi connectivity index (χ1n) is 10.7. The molecule has 0 spiro atoms. The van der Waals surface area contributed by atoms with E-state index in [1.165, 1.54) is 6.07 Å². The molecule has 1 aromatic heterocycles. The molecule has 1 saturated heterocycles. The lowest BCUT2D eigenvalue weighted by molar-refractivity contribution is -0.133. The van der Waals surface area contributed by atoms with Crippen LogP contribution >= 0.6 is 0 Å². The first kappa shape index (κ1) is 25.7.